The van der Waals surface area contributed by atoms with E-state index >= 15 is 0 Å². The molecule has 0 aliphatic rings. The van der Waals surface area contributed by atoms with Crippen molar-refractivity contribution in [1.82, 2.24) is 0 Å². The molecular weight excluding hydrogens is 286 g/mol. The van der Waals surface area contributed by atoms with Crippen molar-refractivity contribution in [3.8, 4) is 5.75 Å². The summed E-state index contributed by atoms with van der Waals surface area (Å²) in [6.07, 6.45) is 0. The first-order chi connectivity index (χ1) is 10.1. The van der Waals surface area contributed by atoms with Gasteiger partial charge in [-0.3, -0.25) is 0 Å². The standard InChI is InChI=1S/C16H17NO3S/c1-3-20-16(18)14-9-11(17)7-8-15(14)21-13-6-4-5-12(10-13)19-2/h4-10H,3,17H2,1-2H3. The molecule has 0 fully saturated rings. The molecule has 0 heterocycles. The molecule has 5 heteroatoms. The summed E-state index contributed by atoms with van der Waals surface area (Å²) in [7, 11) is 1.62. The Kier molecular flexibility index (Phi) is 5.11. The van der Waals surface area contributed by atoms with Crippen LogP contribution in [0, 0.1) is 0 Å². The molecule has 0 aliphatic heterocycles. The van der Waals surface area contributed by atoms with E-state index in [0.29, 0.717) is 17.9 Å². The molecule has 110 valence electrons. The summed E-state index contributed by atoms with van der Waals surface area (Å²) < 4.78 is 10.3. The maximum Gasteiger partial charge on any atom is 0.339 e. The van der Waals surface area contributed by atoms with Crippen LogP contribution in [0.4, 0.5) is 5.69 Å². The van der Waals surface area contributed by atoms with Gasteiger partial charge in [0, 0.05) is 15.5 Å². The number of benzene rings is 2. The van der Waals surface area contributed by atoms with Gasteiger partial charge in [0.15, 0.2) is 0 Å². The minimum Gasteiger partial charge on any atom is -0.497 e. The van der Waals surface area contributed by atoms with E-state index in [9.17, 15) is 4.79 Å². The molecule has 2 N–H and O–H groups in total. The largest absolute Gasteiger partial charge is 0.497 e. The average molecular weight is 303 g/mol. The van der Waals surface area contributed by atoms with Crippen molar-refractivity contribution in [2.75, 3.05) is 19.5 Å². The molecule has 4 nitrogen and oxygen atoms in total. The summed E-state index contributed by atoms with van der Waals surface area (Å²) in [5, 5.41) is 0. The number of esters is 1. The van der Waals surface area contributed by atoms with Crippen molar-refractivity contribution in [2.24, 2.45) is 0 Å². The third-order valence-electron chi connectivity index (χ3n) is 2.77. The molecule has 2 aromatic rings. The Bertz CT molecular complexity index is 643. The van der Waals surface area contributed by atoms with Gasteiger partial charge in [-0.25, -0.2) is 4.79 Å². The van der Waals surface area contributed by atoms with Gasteiger partial charge in [0.2, 0.25) is 0 Å². The van der Waals surface area contributed by atoms with Crippen LogP contribution in [-0.2, 0) is 4.74 Å². The maximum absolute atomic E-state index is 12.0. The SMILES string of the molecule is CCOC(=O)c1cc(N)ccc1Sc1cccc(OC)c1. The second kappa shape index (κ2) is 7.04. The molecule has 21 heavy (non-hydrogen) atoms. The topological polar surface area (TPSA) is 61.5 Å². The lowest BCUT2D eigenvalue weighted by Crippen LogP contribution is -2.06. The number of carbonyl (C=O) groups is 1. The highest BCUT2D eigenvalue weighted by molar-refractivity contribution is 7.99. The molecule has 0 amide bonds. The van der Waals surface area contributed by atoms with E-state index < -0.39 is 0 Å². The summed E-state index contributed by atoms with van der Waals surface area (Å²) in [6, 6.07) is 12.9. The molecule has 0 aromatic heterocycles. The molecule has 0 unspecified atom stereocenters. The molecule has 0 spiro atoms. The van der Waals surface area contributed by atoms with E-state index in [2.05, 4.69) is 0 Å². The molecular formula is C16H17NO3S. The van der Waals surface area contributed by atoms with Crippen molar-refractivity contribution < 1.29 is 14.3 Å². The van der Waals surface area contributed by atoms with Crippen LogP contribution in [0.15, 0.2) is 52.3 Å². The van der Waals surface area contributed by atoms with Gasteiger partial charge in [-0.15, -0.1) is 0 Å². The number of hydrogen-bond donors (Lipinski definition) is 1. The normalized spacial score (nSPS) is 10.2. The lowest BCUT2D eigenvalue weighted by Gasteiger charge is -2.10. The maximum atomic E-state index is 12.0. The number of ether oxygens (including phenoxy) is 2. The number of methoxy groups -OCH3 is 1. The van der Waals surface area contributed by atoms with Gasteiger partial charge < -0.3 is 15.2 Å². The fraction of sp³-hybridized carbons (Fsp3) is 0.188. The number of nitrogens with two attached hydrogens (primary N) is 1. The third kappa shape index (κ3) is 3.92. The Morgan fingerprint density at radius 2 is 2.05 bits per heavy atom. The Labute approximate surface area is 128 Å². The van der Waals surface area contributed by atoms with E-state index in [1.54, 1.807) is 26.2 Å². The van der Waals surface area contributed by atoms with E-state index in [0.717, 1.165) is 15.5 Å². The van der Waals surface area contributed by atoms with Crippen LogP contribution in [0.3, 0.4) is 0 Å². The van der Waals surface area contributed by atoms with Crippen LogP contribution in [0.25, 0.3) is 0 Å². The van der Waals surface area contributed by atoms with E-state index in [1.807, 2.05) is 30.3 Å². The highest BCUT2D eigenvalue weighted by Gasteiger charge is 2.14. The third-order valence-corrected chi connectivity index (χ3v) is 3.83. The molecule has 0 radical (unpaired) electrons. The van der Waals surface area contributed by atoms with Crippen molar-refractivity contribution in [1.29, 1.82) is 0 Å². The summed E-state index contributed by atoms with van der Waals surface area (Å²) >= 11 is 1.47. The second-order valence-electron chi connectivity index (χ2n) is 4.26. The summed E-state index contributed by atoms with van der Waals surface area (Å²) in [4.78, 5) is 13.8. The number of anilines is 1. The van der Waals surface area contributed by atoms with Crippen molar-refractivity contribution in [3.05, 3.63) is 48.0 Å². The minimum atomic E-state index is -0.366. The predicted molar refractivity (Wildman–Crippen MR) is 83.9 cm³/mol. The van der Waals surface area contributed by atoms with E-state index in [1.165, 1.54) is 11.8 Å². The van der Waals surface area contributed by atoms with Crippen LogP contribution in [0.5, 0.6) is 5.75 Å². The van der Waals surface area contributed by atoms with Crippen LogP contribution < -0.4 is 10.5 Å². The minimum absolute atomic E-state index is 0.330. The molecule has 2 aromatic carbocycles. The summed E-state index contributed by atoms with van der Waals surface area (Å²) in [5.74, 6) is 0.406. The summed E-state index contributed by atoms with van der Waals surface area (Å²) in [5.41, 5.74) is 6.78. The zero-order chi connectivity index (χ0) is 15.2. The van der Waals surface area contributed by atoms with Crippen molar-refractivity contribution in [2.45, 2.75) is 16.7 Å². The Balaban J connectivity index is 2.32. The number of carbonyl (C=O) groups excluding carboxylic acids is 1. The monoisotopic (exact) mass is 303 g/mol. The van der Waals surface area contributed by atoms with Gasteiger partial charge in [0.25, 0.3) is 0 Å². The number of rotatable bonds is 5. The second-order valence-corrected chi connectivity index (χ2v) is 5.37. The van der Waals surface area contributed by atoms with Gasteiger partial charge in [0.1, 0.15) is 5.75 Å². The smallest absolute Gasteiger partial charge is 0.339 e. The lowest BCUT2D eigenvalue weighted by molar-refractivity contribution is 0.0522. The van der Waals surface area contributed by atoms with Crippen LogP contribution in [-0.4, -0.2) is 19.7 Å². The molecule has 2 rings (SSSR count). The fourth-order valence-electron chi connectivity index (χ4n) is 1.80. The molecule has 0 atom stereocenters. The van der Waals surface area contributed by atoms with Crippen LogP contribution >= 0.6 is 11.8 Å². The van der Waals surface area contributed by atoms with Gasteiger partial charge in [-0.05, 0) is 43.3 Å². The Morgan fingerprint density at radius 1 is 1.24 bits per heavy atom. The zero-order valence-corrected chi connectivity index (χ0v) is 12.8. The first-order valence-electron chi connectivity index (χ1n) is 6.52. The van der Waals surface area contributed by atoms with Crippen molar-refractivity contribution in [3.63, 3.8) is 0 Å². The number of nitrogen functional groups attached to an aromatic ring is 1. The Hall–Kier alpha value is -2.14. The van der Waals surface area contributed by atoms with E-state index in [-0.39, 0.29) is 5.97 Å². The first kappa shape index (κ1) is 15.3. The first-order valence-corrected chi connectivity index (χ1v) is 7.34. The predicted octanol–water partition coefficient (Wildman–Crippen LogP) is 3.61. The van der Waals surface area contributed by atoms with Crippen LogP contribution in [0.2, 0.25) is 0 Å². The lowest BCUT2D eigenvalue weighted by atomic mass is 10.2. The fourth-order valence-corrected chi connectivity index (χ4v) is 2.76. The van der Waals surface area contributed by atoms with Gasteiger partial charge in [-0.1, -0.05) is 17.8 Å². The number of hydrogen-bond acceptors (Lipinski definition) is 5. The van der Waals surface area contributed by atoms with Crippen LogP contribution in [0.1, 0.15) is 17.3 Å². The summed E-state index contributed by atoms with van der Waals surface area (Å²) in [6.45, 7) is 2.11. The molecule has 0 saturated carbocycles. The van der Waals surface area contributed by atoms with Gasteiger partial charge in [0.05, 0.1) is 19.3 Å². The zero-order valence-electron chi connectivity index (χ0n) is 12.0. The molecule has 0 saturated heterocycles. The van der Waals surface area contributed by atoms with Crippen molar-refractivity contribution >= 4 is 23.4 Å². The van der Waals surface area contributed by atoms with Gasteiger partial charge in [-0.2, -0.15) is 0 Å². The highest BCUT2D eigenvalue weighted by atomic mass is 32.2. The average Bonchev–Trinajstić information content (AvgIpc) is 2.49. The Morgan fingerprint density at radius 3 is 2.76 bits per heavy atom. The molecule has 0 aliphatic carbocycles. The van der Waals surface area contributed by atoms with E-state index in [4.69, 9.17) is 15.2 Å². The molecule has 0 bridgehead atoms. The van der Waals surface area contributed by atoms with Gasteiger partial charge >= 0.3 is 5.97 Å². The highest BCUT2D eigenvalue weighted by Crippen LogP contribution is 2.33. The quantitative estimate of drug-likeness (QED) is 0.675.